The zero-order valence-corrected chi connectivity index (χ0v) is 43.3. The molecule has 7 aliphatic rings. The molecular formula is C51H84O22. The maximum absolute atomic E-state index is 12.8. The quantitative estimate of drug-likeness (QED) is 0.0380. The van der Waals surface area contributed by atoms with Crippen LogP contribution in [0.15, 0.2) is 11.6 Å². The first-order valence-corrected chi connectivity index (χ1v) is 26.0. The molecule has 3 saturated heterocycles. The van der Waals surface area contributed by atoms with E-state index in [1.807, 2.05) is 34.6 Å². The Morgan fingerprint density at radius 2 is 1.23 bits per heavy atom. The van der Waals surface area contributed by atoms with Crippen LogP contribution < -0.4 is 0 Å². The van der Waals surface area contributed by atoms with Gasteiger partial charge in [-0.1, -0.05) is 46.3 Å². The third-order valence-corrected chi connectivity index (χ3v) is 19.3. The Balaban J connectivity index is 1.14. The molecular weight excluding hydrogens is 965 g/mol. The van der Waals surface area contributed by atoms with Gasteiger partial charge in [0.1, 0.15) is 86.3 Å². The summed E-state index contributed by atoms with van der Waals surface area (Å²) in [4.78, 5) is 23.2. The molecule has 0 radical (unpaired) electrons. The molecule has 0 amide bonds. The van der Waals surface area contributed by atoms with Gasteiger partial charge in [-0.3, -0.25) is 9.59 Å². The van der Waals surface area contributed by atoms with E-state index in [1.54, 1.807) is 0 Å². The minimum absolute atomic E-state index is 0.129. The standard InChI is InChI=1S/C51H84O22/c1-22(2)10-9-13-51(8,73-45-41(66)38(63)36(61)28(70-45)21-67-32(58)17-31(56)57)23-11-14-50(7)33(23)24(54)16-30-48(5)18-25(55)43(47(3,4)29(48)12-15-49(30,50)6)72-46-42(39(64)35(60)27(20-53)69-46)71-44-40(65)37(62)34(59)26(19-52)68-44/h10,23-30,33-46,52-55,59-66H,9,11-21H2,1-8H3,(H,56,57)/t23-,24+,25+,26+,27+,28+,29?,30?,33-,34+,35+,36+,37-,38-,39-,40+,41+,42+,43-,44-,45-,46-,48-,49+,50+,51-/m0/s1. The first-order chi connectivity index (χ1) is 34.0. The van der Waals surface area contributed by atoms with Gasteiger partial charge in [-0.15, -0.1) is 0 Å². The summed E-state index contributed by atoms with van der Waals surface area (Å²) in [6.45, 7) is 14.4. The molecule has 73 heavy (non-hydrogen) atoms. The molecule has 420 valence electrons. The van der Waals surface area contributed by atoms with Crippen LogP contribution in [0.2, 0.25) is 0 Å². The van der Waals surface area contributed by atoms with Crippen LogP contribution in [0, 0.1) is 45.3 Å². The molecule has 13 N–H and O–H groups in total. The van der Waals surface area contributed by atoms with Crippen LogP contribution in [0.25, 0.3) is 0 Å². The Morgan fingerprint density at radius 1 is 0.671 bits per heavy atom. The van der Waals surface area contributed by atoms with Crippen molar-refractivity contribution in [2.24, 2.45) is 45.3 Å². The monoisotopic (exact) mass is 1050 g/mol. The number of hydrogen-bond donors (Lipinski definition) is 13. The van der Waals surface area contributed by atoms with E-state index in [2.05, 4.69) is 26.8 Å². The SMILES string of the molecule is CC(C)=CCC[C@](C)(O[C@@H]1O[C@H](COC(=O)CC(=O)O)[C@@H](O)[C@H](O)[C@H]1O)[C@H]1CC[C@]2(C)[C@@H]1[C@H](O)CC1[C@@]3(C)C[C@@H](O)[C@H](O[C@@H]4O[C@H](CO)[C@@H](O)[C@H](O)[C@H]4O[C@@H]4O[C@H](CO)[C@@H](O)[C@H](O)[C@H]4O)C(C)(C)C3CC[C@]12C. The minimum atomic E-state index is -1.87. The highest BCUT2D eigenvalue weighted by molar-refractivity contribution is 5.90. The second-order valence-electron chi connectivity index (χ2n) is 24.1. The van der Waals surface area contributed by atoms with E-state index in [4.69, 9.17) is 38.3 Å². The maximum atomic E-state index is 12.8. The van der Waals surface area contributed by atoms with Crippen molar-refractivity contribution in [3.8, 4) is 0 Å². The Kier molecular flexibility index (Phi) is 17.7. The van der Waals surface area contributed by atoms with Gasteiger partial charge in [-0.05, 0) is 117 Å². The lowest BCUT2D eigenvalue weighted by Crippen LogP contribution is -2.70. The number of aliphatic hydroxyl groups is 12. The zero-order chi connectivity index (χ0) is 54.1. The van der Waals surface area contributed by atoms with Gasteiger partial charge in [0, 0.05) is 0 Å². The number of esters is 1. The summed E-state index contributed by atoms with van der Waals surface area (Å²) in [5, 5.41) is 141. The van der Waals surface area contributed by atoms with Crippen LogP contribution in [0.1, 0.15) is 113 Å². The Labute approximate surface area is 426 Å². The van der Waals surface area contributed by atoms with Crippen molar-refractivity contribution in [2.45, 2.75) is 229 Å². The lowest BCUT2D eigenvalue weighted by molar-refractivity contribution is -0.383. The number of carboxylic acid groups (broad SMARTS) is 1. The lowest BCUT2D eigenvalue weighted by atomic mass is 9.35. The Morgan fingerprint density at radius 3 is 1.84 bits per heavy atom. The average Bonchev–Trinajstić information content (AvgIpc) is 3.70. The number of carbonyl (C=O) groups is 2. The summed E-state index contributed by atoms with van der Waals surface area (Å²) in [7, 11) is 0. The maximum Gasteiger partial charge on any atom is 0.317 e. The molecule has 3 heterocycles. The van der Waals surface area contributed by atoms with E-state index in [0.29, 0.717) is 38.5 Å². The number of ether oxygens (including phenoxy) is 7. The number of aliphatic hydroxyl groups excluding tert-OH is 12. The van der Waals surface area contributed by atoms with Crippen LogP contribution in [-0.2, 0) is 42.7 Å². The normalized spacial score (nSPS) is 49.4. The van der Waals surface area contributed by atoms with Crippen LogP contribution >= 0.6 is 0 Å². The molecule has 7 rings (SSSR count). The number of hydrogen-bond acceptors (Lipinski definition) is 21. The number of carboxylic acids is 1. The predicted octanol–water partition coefficient (Wildman–Crippen LogP) is -1.03. The second-order valence-corrected chi connectivity index (χ2v) is 24.1. The molecule has 4 saturated carbocycles. The highest BCUT2D eigenvalue weighted by atomic mass is 16.8. The van der Waals surface area contributed by atoms with Crippen LogP contribution in [0.3, 0.4) is 0 Å². The molecule has 2 unspecified atom stereocenters. The van der Waals surface area contributed by atoms with Crippen molar-refractivity contribution in [3.63, 3.8) is 0 Å². The Bertz CT molecular complexity index is 1950. The molecule has 0 spiro atoms. The van der Waals surface area contributed by atoms with Crippen molar-refractivity contribution in [3.05, 3.63) is 11.6 Å². The van der Waals surface area contributed by atoms with Gasteiger partial charge in [0.2, 0.25) is 0 Å². The van der Waals surface area contributed by atoms with E-state index in [9.17, 15) is 70.9 Å². The first-order valence-electron chi connectivity index (χ1n) is 26.0. The van der Waals surface area contributed by atoms with Crippen LogP contribution in [0.5, 0.6) is 0 Å². The average molecular weight is 1050 g/mol. The van der Waals surface area contributed by atoms with Crippen molar-refractivity contribution in [2.75, 3.05) is 19.8 Å². The smallest absolute Gasteiger partial charge is 0.317 e. The zero-order valence-electron chi connectivity index (χ0n) is 43.3. The third-order valence-electron chi connectivity index (χ3n) is 19.3. The third kappa shape index (κ3) is 10.6. The van der Waals surface area contributed by atoms with Crippen molar-refractivity contribution in [1.29, 1.82) is 0 Å². The van der Waals surface area contributed by atoms with Gasteiger partial charge in [0.05, 0.1) is 37.1 Å². The fraction of sp³-hybridized carbons (Fsp3) is 0.922. The lowest BCUT2D eigenvalue weighted by Gasteiger charge is -2.71. The highest BCUT2D eigenvalue weighted by Crippen LogP contribution is 2.76. The molecule has 7 fully saturated rings. The summed E-state index contributed by atoms with van der Waals surface area (Å²) in [5.74, 6) is -3.41. The molecule has 22 nitrogen and oxygen atoms in total. The number of aliphatic carboxylic acids is 1. The predicted molar refractivity (Wildman–Crippen MR) is 251 cm³/mol. The molecule has 3 aliphatic heterocycles. The van der Waals surface area contributed by atoms with E-state index < -0.39 is 176 Å². The fourth-order valence-electron chi connectivity index (χ4n) is 15.4. The minimum Gasteiger partial charge on any atom is -0.481 e. The van der Waals surface area contributed by atoms with Crippen LogP contribution in [-0.4, -0.2) is 214 Å². The van der Waals surface area contributed by atoms with Crippen molar-refractivity contribution in [1.82, 2.24) is 0 Å². The van der Waals surface area contributed by atoms with Crippen molar-refractivity contribution < 1.29 is 109 Å². The molecule has 26 atom stereocenters. The fourth-order valence-corrected chi connectivity index (χ4v) is 15.4. The van der Waals surface area contributed by atoms with E-state index in [-0.39, 0.29) is 30.1 Å². The number of fused-ring (bicyclic) bond motifs is 5. The van der Waals surface area contributed by atoms with E-state index in [1.165, 1.54) is 0 Å². The summed E-state index contributed by atoms with van der Waals surface area (Å²) in [5.41, 5.74) is -2.37. The van der Waals surface area contributed by atoms with E-state index >= 15 is 0 Å². The van der Waals surface area contributed by atoms with Crippen LogP contribution in [0.4, 0.5) is 0 Å². The molecule has 4 aliphatic carbocycles. The number of rotatable bonds is 16. The summed E-state index contributed by atoms with van der Waals surface area (Å²) in [6.07, 6.45) is -22.3. The molecule has 0 aromatic carbocycles. The summed E-state index contributed by atoms with van der Waals surface area (Å²) < 4.78 is 42.1. The first kappa shape index (κ1) is 58.6. The second kappa shape index (κ2) is 22.0. The number of carbonyl (C=O) groups excluding carboxylic acids is 1. The van der Waals surface area contributed by atoms with Crippen molar-refractivity contribution >= 4 is 11.9 Å². The highest BCUT2D eigenvalue weighted by Gasteiger charge is 2.73. The van der Waals surface area contributed by atoms with Gasteiger partial charge >= 0.3 is 11.9 Å². The molecule has 0 aromatic heterocycles. The number of allylic oxidation sites excluding steroid dienone is 2. The molecule has 0 bridgehead atoms. The van der Waals surface area contributed by atoms with Gasteiger partial charge in [-0.25, -0.2) is 0 Å². The van der Waals surface area contributed by atoms with Gasteiger partial charge in [0.25, 0.3) is 0 Å². The molecule has 0 aromatic rings. The van der Waals surface area contributed by atoms with Gasteiger partial charge in [0.15, 0.2) is 18.9 Å². The molecule has 22 heteroatoms. The van der Waals surface area contributed by atoms with Gasteiger partial charge < -0.3 is 99.5 Å². The van der Waals surface area contributed by atoms with Gasteiger partial charge in [-0.2, -0.15) is 0 Å². The summed E-state index contributed by atoms with van der Waals surface area (Å²) in [6, 6.07) is 0. The largest absolute Gasteiger partial charge is 0.481 e. The van der Waals surface area contributed by atoms with E-state index in [0.717, 1.165) is 12.0 Å². The Hall–Kier alpha value is -2.04. The topological polar surface area (TPSA) is 362 Å². The summed E-state index contributed by atoms with van der Waals surface area (Å²) >= 11 is 0.